The third-order valence-corrected chi connectivity index (χ3v) is 2.45. The Morgan fingerprint density at radius 3 is 2.71 bits per heavy atom. The molecule has 0 aliphatic heterocycles. The van der Waals surface area contributed by atoms with E-state index >= 15 is 0 Å². The largest absolute Gasteiger partial charge is 0.479 e. The Morgan fingerprint density at radius 2 is 2.18 bits per heavy atom. The molecule has 0 saturated heterocycles. The standard InChI is InChI=1S/C13H18O4/c1-3-5-12(13(15)16)17-11-7-4-6-10(8-11)9(2)14/h4,6-9,12,14H,3,5H2,1-2H3,(H,15,16)/t9-,12?/m1/s1. The van der Waals surface area contributed by atoms with Crippen LogP contribution in [0.2, 0.25) is 0 Å². The lowest BCUT2D eigenvalue weighted by molar-refractivity contribution is -0.145. The van der Waals surface area contributed by atoms with E-state index in [9.17, 15) is 9.90 Å². The first-order chi connectivity index (χ1) is 8.04. The van der Waals surface area contributed by atoms with Crippen molar-refractivity contribution in [1.82, 2.24) is 0 Å². The van der Waals surface area contributed by atoms with Crippen LogP contribution in [0, 0.1) is 0 Å². The summed E-state index contributed by atoms with van der Waals surface area (Å²) in [4.78, 5) is 10.9. The molecule has 2 N–H and O–H groups in total. The van der Waals surface area contributed by atoms with Gasteiger partial charge in [0.25, 0.3) is 0 Å². The zero-order valence-corrected chi connectivity index (χ0v) is 10.1. The molecule has 1 aromatic rings. The maximum Gasteiger partial charge on any atom is 0.344 e. The Hall–Kier alpha value is -1.55. The lowest BCUT2D eigenvalue weighted by atomic mass is 10.1. The fourth-order valence-corrected chi connectivity index (χ4v) is 1.51. The van der Waals surface area contributed by atoms with E-state index in [1.54, 1.807) is 31.2 Å². The summed E-state index contributed by atoms with van der Waals surface area (Å²) in [6.45, 7) is 3.56. The minimum absolute atomic E-state index is 0.467. The number of carbonyl (C=O) groups is 1. The molecule has 4 nitrogen and oxygen atoms in total. The molecule has 0 saturated carbocycles. The number of carboxylic acids is 1. The van der Waals surface area contributed by atoms with Crippen molar-refractivity contribution in [3.63, 3.8) is 0 Å². The van der Waals surface area contributed by atoms with Gasteiger partial charge in [0.15, 0.2) is 6.10 Å². The second-order valence-corrected chi connectivity index (χ2v) is 3.98. The topological polar surface area (TPSA) is 66.8 Å². The first kappa shape index (κ1) is 13.5. The van der Waals surface area contributed by atoms with Gasteiger partial charge in [-0.25, -0.2) is 4.79 Å². The lowest BCUT2D eigenvalue weighted by Gasteiger charge is -2.15. The summed E-state index contributed by atoms with van der Waals surface area (Å²) >= 11 is 0. The van der Waals surface area contributed by atoms with Crippen LogP contribution in [0.4, 0.5) is 0 Å². The predicted octanol–water partition coefficient (Wildman–Crippen LogP) is 2.37. The van der Waals surface area contributed by atoms with Gasteiger partial charge in [-0.2, -0.15) is 0 Å². The van der Waals surface area contributed by atoms with Crippen LogP contribution in [-0.2, 0) is 4.79 Å². The monoisotopic (exact) mass is 238 g/mol. The van der Waals surface area contributed by atoms with Gasteiger partial charge in [-0.1, -0.05) is 25.5 Å². The summed E-state index contributed by atoms with van der Waals surface area (Å²) in [5.41, 5.74) is 0.711. The molecule has 0 bridgehead atoms. The molecule has 0 heterocycles. The Kier molecular flexibility index (Phi) is 4.97. The Balaban J connectivity index is 2.78. The molecule has 0 spiro atoms. The van der Waals surface area contributed by atoms with E-state index in [2.05, 4.69) is 0 Å². The number of aliphatic carboxylic acids is 1. The lowest BCUT2D eigenvalue weighted by Crippen LogP contribution is -2.26. The molecular weight excluding hydrogens is 220 g/mol. The number of benzene rings is 1. The number of rotatable bonds is 6. The average Bonchev–Trinajstić information content (AvgIpc) is 2.28. The van der Waals surface area contributed by atoms with Gasteiger partial charge in [0.2, 0.25) is 0 Å². The number of carboxylic acid groups (broad SMARTS) is 1. The molecule has 94 valence electrons. The Labute approximate surface area is 101 Å². The van der Waals surface area contributed by atoms with Gasteiger partial charge in [0.05, 0.1) is 6.10 Å². The van der Waals surface area contributed by atoms with Crippen molar-refractivity contribution in [1.29, 1.82) is 0 Å². The van der Waals surface area contributed by atoms with Crippen LogP contribution >= 0.6 is 0 Å². The molecule has 1 rings (SSSR count). The molecule has 0 fully saturated rings. The zero-order chi connectivity index (χ0) is 12.8. The fourth-order valence-electron chi connectivity index (χ4n) is 1.51. The van der Waals surface area contributed by atoms with E-state index < -0.39 is 18.2 Å². The minimum Gasteiger partial charge on any atom is -0.479 e. The zero-order valence-electron chi connectivity index (χ0n) is 10.1. The normalized spacial score (nSPS) is 14.1. The van der Waals surface area contributed by atoms with E-state index in [0.29, 0.717) is 17.7 Å². The SMILES string of the molecule is CCCC(Oc1cccc([C@@H](C)O)c1)C(=O)O. The van der Waals surface area contributed by atoms with Gasteiger partial charge in [-0.05, 0) is 31.0 Å². The van der Waals surface area contributed by atoms with E-state index in [-0.39, 0.29) is 0 Å². The number of ether oxygens (including phenoxy) is 1. The van der Waals surface area contributed by atoms with Gasteiger partial charge in [-0.15, -0.1) is 0 Å². The first-order valence-corrected chi connectivity index (χ1v) is 5.72. The maximum atomic E-state index is 10.9. The average molecular weight is 238 g/mol. The van der Waals surface area contributed by atoms with Gasteiger partial charge in [0, 0.05) is 0 Å². The molecule has 0 aromatic heterocycles. The summed E-state index contributed by atoms with van der Waals surface area (Å²) in [7, 11) is 0. The van der Waals surface area contributed by atoms with Gasteiger partial charge >= 0.3 is 5.97 Å². The van der Waals surface area contributed by atoms with Crippen LogP contribution in [0.5, 0.6) is 5.75 Å². The van der Waals surface area contributed by atoms with Crippen molar-refractivity contribution in [2.75, 3.05) is 0 Å². The van der Waals surface area contributed by atoms with Crippen molar-refractivity contribution in [2.24, 2.45) is 0 Å². The third kappa shape index (κ3) is 4.07. The van der Waals surface area contributed by atoms with Gasteiger partial charge in [0.1, 0.15) is 5.75 Å². The Bertz CT molecular complexity index is 373. The van der Waals surface area contributed by atoms with Crippen molar-refractivity contribution in [2.45, 2.75) is 38.9 Å². The summed E-state index contributed by atoms with van der Waals surface area (Å²) in [6.07, 6.45) is -0.210. The number of aliphatic hydroxyl groups is 1. The molecular formula is C13H18O4. The van der Waals surface area contributed by atoms with Crippen LogP contribution in [0.25, 0.3) is 0 Å². The minimum atomic E-state index is -0.964. The second-order valence-electron chi connectivity index (χ2n) is 3.98. The van der Waals surface area contributed by atoms with Crippen molar-refractivity contribution >= 4 is 5.97 Å². The van der Waals surface area contributed by atoms with Crippen LogP contribution in [-0.4, -0.2) is 22.3 Å². The van der Waals surface area contributed by atoms with E-state index in [4.69, 9.17) is 9.84 Å². The van der Waals surface area contributed by atoms with Crippen LogP contribution < -0.4 is 4.74 Å². The number of hydrogen-bond acceptors (Lipinski definition) is 3. The first-order valence-electron chi connectivity index (χ1n) is 5.72. The third-order valence-electron chi connectivity index (χ3n) is 2.45. The van der Waals surface area contributed by atoms with Gasteiger partial charge in [-0.3, -0.25) is 0 Å². The molecule has 0 radical (unpaired) electrons. The van der Waals surface area contributed by atoms with Gasteiger partial charge < -0.3 is 14.9 Å². The van der Waals surface area contributed by atoms with E-state index in [1.165, 1.54) is 0 Å². The number of aliphatic hydroxyl groups excluding tert-OH is 1. The molecule has 0 amide bonds. The smallest absolute Gasteiger partial charge is 0.344 e. The predicted molar refractivity (Wildman–Crippen MR) is 64.0 cm³/mol. The summed E-state index contributed by atoms with van der Waals surface area (Å²) in [5.74, 6) is -0.487. The summed E-state index contributed by atoms with van der Waals surface area (Å²) < 4.78 is 5.40. The highest BCUT2D eigenvalue weighted by atomic mass is 16.5. The molecule has 17 heavy (non-hydrogen) atoms. The molecule has 4 heteroatoms. The van der Waals surface area contributed by atoms with Crippen LogP contribution in [0.15, 0.2) is 24.3 Å². The molecule has 0 aliphatic rings. The Morgan fingerprint density at radius 1 is 1.47 bits per heavy atom. The summed E-state index contributed by atoms with van der Waals surface area (Å²) in [5, 5.41) is 18.4. The van der Waals surface area contributed by atoms with E-state index in [0.717, 1.165) is 6.42 Å². The van der Waals surface area contributed by atoms with Crippen molar-refractivity contribution in [3.8, 4) is 5.75 Å². The fraction of sp³-hybridized carbons (Fsp3) is 0.462. The molecule has 0 aliphatic carbocycles. The van der Waals surface area contributed by atoms with Crippen molar-refractivity contribution in [3.05, 3.63) is 29.8 Å². The quantitative estimate of drug-likeness (QED) is 0.798. The molecule has 1 aromatic carbocycles. The van der Waals surface area contributed by atoms with E-state index in [1.807, 2.05) is 6.92 Å². The molecule has 2 atom stereocenters. The van der Waals surface area contributed by atoms with Crippen LogP contribution in [0.3, 0.4) is 0 Å². The highest BCUT2D eigenvalue weighted by Crippen LogP contribution is 2.20. The maximum absolute atomic E-state index is 10.9. The molecule has 1 unspecified atom stereocenters. The highest BCUT2D eigenvalue weighted by molar-refractivity contribution is 5.72. The highest BCUT2D eigenvalue weighted by Gasteiger charge is 2.18. The number of hydrogen-bond donors (Lipinski definition) is 2. The van der Waals surface area contributed by atoms with Crippen molar-refractivity contribution < 1.29 is 19.7 Å². The second kappa shape index (κ2) is 6.25. The van der Waals surface area contributed by atoms with Crippen LogP contribution in [0.1, 0.15) is 38.4 Å². The summed E-state index contributed by atoms with van der Waals surface area (Å²) in [6, 6.07) is 6.86.